The van der Waals surface area contributed by atoms with Gasteiger partial charge in [0.05, 0.1) is 5.41 Å². The first-order chi connectivity index (χ1) is 11.2. The molecule has 3 rings (SSSR count). The monoisotopic (exact) mass is 330 g/mol. The summed E-state index contributed by atoms with van der Waals surface area (Å²) in [6.45, 7) is 5.36. The lowest BCUT2D eigenvalue weighted by atomic mass is 9.43. The van der Waals surface area contributed by atoms with Gasteiger partial charge in [-0.05, 0) is 69.6 Å². The number of nitrogens with one attached hydrogen (secondary N) is 1. The Balaban J connectivity index is 1.68. The number of hydrogen-bond donors (Lipinski definition) is 1. The van der Waals surface area contributed by atoms with Crippen LogP contribution in [0.3, 0.4) is 0 Å². The average molecular weight is 330 g/mol. The van der Waals surface area contributed by atoms with Gasteiger partial charge in [-0.1, -0.05) is 6.42 Å². The van der Waals surface area contributed by atoms with Gasteiger partial charge in [-0.25, -0.2) is 0 Å². The highest BCUT2D eigenvalue weighted by Gasteiger charge is 2.61. The summed E-state index contributed by atoms with van der Waals surface area (Å²) in [5.74, 6) is -0.476. The highest BCUT2D eigenvalue weighted by atomic mass is 16.6. The van der Waals surface area contributed by atoms with Crippen molar-refractivity contribution in [2.45, 2.75) is 63.9 Å². The van der Waals surface area contributed by atoms with Gasteiger partial charge in [-0.2, -0.15) is 0 Å². The lowest BCUT2D eigenvalue weighted by Gasteiger charge is -2.60. The lowest BCUT2D eigenvalue weighted by molar-refractivity contribution is -0.156. The quantitative estimate of drug-likeness (QED) is 0.862. The van der Waals surface area contributed by atoms with Crippen LogP contribution in [-0.4, -0.2) is 29.0 Å². The fourth-order valence-electron chi connectivity index (χ4n) is 4.12. The molecule has 0 bridgehead atoms. The smallest absolute Gasteiger partial charge is 0.325 e. The second kappa shape index (κ2) is 5.87. The number of esters is 1. The van der Waals surface area contributed by atoms with Gasteiger partial charge in [-0.15, -0.1) is 0 Å². The molecule has 2 fully saturated rings. The summed E-state index contributed by atoms with van der Waals surface area (Å²) in [6.07, 6.45) is 8.85. The number of ether oxygens (including phenoxy) is 1. The Hall–Kier alpha value is -1.91. The van der Waals surface area contributed by atoms with Gasteiger partial charge in [0.2, 0.25) is 5.91 Å². The van der Waals surface area contributed by atoms with E-state index >= 15 is 0 Å². The maximum absolute atomic E-state index is 12.9. The van der Waals surface area contributed by atoms with Crippen LogP contribution in [0.25, 0.3) is 0 Å². The highest BCUT2D eigenvalue weighted by Crippen LogP contribution is 2.64. The second-order valence-corrected chi connectivity index (χ2v) is 8.29. The van der Waals surface area contributed by atoms with Crippen LogP contribution >= 0.6 is 0 Å². The van der Waals surface area contributed by atoms with Crippen molar-refractivity contribution in [3.8, 4) is 0 Å². The fraction of sp³-hybridized carbons (Fsp3) is 0.632. The topological polar surface area (TPSA) is 68.3 Å². The van der Waals surface area contributed by atoms with E-state index in [1.807, 2.05) is 32.9 Å². The van der Waals surface area contributed by atoms with E-state index in [0.29, 0.717) is 5.41 Å². The van der Waals surface area contributed by atoms with E-state index in [0.717, 1.165) is 18.4 Å². The summed E-state index contributed by atoms with van der Waals surface area (Å²) in [6, 6.07) is 3.83. The van der Waals surface area contributed by atoms with Gasteiger partial charge in [0, 0.05) is 12.4 Å². The Morgan fingerprint density at radius 3 is 2.33 bits per heavy atom. The van der Waals surface area contributed by atoms with Gasteiger partial charge in [0.25, 0.3) is 0 Å². The fourth-order valence-corrected chi connectivity index (χ4v) is 4.12. The minimum Gasteiger partial charge on any atom is -0.459 e. The van der Waals surface area contributed by atoms with Crippen molar-refractivity contribution in [1.29, 1.82) is 0 Å². The zero-order chi connectivity index (χ0) is 17.4. The van der Waals surface area contributed by atoms with Gasteiger partial charge in [-0.3, -0.25) is 14.6 Å². The maximum atomic E-state index is 12.9. The van der Waals surface area contributed by atoms with Crippen LogP contribution in [0, 0.1) is 5.41 Å². The highest BCUT2D eigenvalue weighted by molar-refractivity contribution is 5.92. The SMILES string of the molecule is CC(C)(C)OC(=O)CNC(=O)C1(c2ccncc2)CC2(CCC2)C1. The zero-order valence-corrected chi connectivity index (χ0v) is 14.7. The molecule has 1 N–H and O–H groups in total. The largest absolute Gasteiger partial charge is 0.459 e. The third kappa shape index (κ3) is 3.17. The molecular weight excluding hydrogens is 304 g/mol. The number of carbonyl (C=O) groups is 2. The van der Waals surface area contributed by atoms with Crippen LogP contribution in [0.15, 0.2) is 24.5 Å². The van der Waals surface area contributed by atoms with Gasteiger partial charge >= 0.3 is 5.97 Å². The maximum Gasteiger partial charge on any atom is 0.325 e. The normalized spacial score (nSPS) is 20.6. The summed E-state index contributed by atoms with van der Waals surface area (Å²) < 4.78 is 5.27. The van der Waals surface area contributed by atoms with Crippen molar-refractivity contribution < 1.29 is 14.3 Å². The van der Waals surface area contributed by atoms with Crippen LogP contribution in [0.5, 0.6) is 0 Å². The van der Waals surface area contributed by atoms with Gasteiger partial charge in [0.15, 0.2) is 0 Å². The molecule has 1 amide bonds. The average Bonchev–Trinajstić information content (AvgIpc) is 2.42. The van der Waals surface area contributed by atoms with Crippen molar-refractivity contribution >= 4 is 11.9 Å². The summed E-state index contributed by atoms with van der Waals surface area (Å²) in [5, 5.41) is 2.80. The number of hydrogen-bond acceptors (Lipinski definition) is 4. The molecule has 2 aliphatic carbocycles. The third-order valence-corrected chi connectivity index (χ3v) is 5.25. The standard InChI is InChI=1S/C19H26N2O3/c1-17(2,3)24-15(22)11-21-16(23)19(14-5-9-20-10-6-14)12-18(13-19)7-4-8-18/h5-6,9-10H,4,7-8,11-13H2,1-3H3,(H,21,23). The molecule has 1 aromatic rings. The molecule has 2 saturated carbocycles. The van der Waals surface area contributed by atoms with Crippen LogP contribution in [-0.2, 0) is 19.7 Å². The molecular formula is C19H26N2O3. The molecule has 1 spiro atoms. The molecule has 24 heavy (non-hydrogen) atoms. The van der Waals surface area contributed by atoms with E-state index in [9.17, 15) is 9.59 Å². The Kier molecular flexibility index (Phi) is 4.14. The molecule has 5 heteroatoms. The third-order valence-electron chi connectivity index (χ3n) is 5.25. The summed E-state index contributed by atoms with van der Waals surface area (Å²) >= 11 is 0. The summed E-state index contributed by atoms with van der Waals surface area (Å²) in [5.41, 5.74) is 0.270. The number of pyridine rings is 1. The van der Waals surface area contributed by atoms with E-state index in [4.69, 9.17) is 4.74 Å². The molecule has 5 nitrogen and oxygen atoms in total. The Bertz CT molecular complexity index is 622. The Morgan fingerprint density at radius 1 is 1.21 bits per heavy atom. The van der Waals surface area contributed by atoms with E-state index in [2.05, 4.69) is 10.3 Å². The van der Waals surface area contributed by atoms with Crippen LogP contribution < -0.4 is 5.32 Å². The molecule has 0 atom stereocenters. The van der Waals surface area contributed by atoms with E-state index < -0.39 is 17.0 Å². The summed E-state index contributed by atoms with van der Waals surface area (Å²) in [7, 11) is 0. The lowest BCUT2D eigenvalue weighted by Crippen LogP contribution is -2.60. The minimum atomic E-state index is -0.545. The molecule has 2 aliphatic rings. The van der Waals surface area contributed by atoms with Crippen molar-refractivity contribution in [2.75, 3.05) is 6.54 Å². The Labute approximate surface area is 143 Å². The molecule has 0 aliphatic heterocycles. The molecule has 130 valence electrons. The number of nitrogens with zero attached hydrogens (tertiary/aromatic N) is 1. The molecule has 0 radical (unpaired) electrons. The molecule has 0 saturated heterocycles. The molecule has 1 aromatic heterocycles. The first-order valence-electron chi connectivity index (χ1n) is 8.66. The predicted octanol–water partition coefficient (Wildman–Crippen LogP) is 2.74. The first kappa shape index (κ1) is 16.9. The van der Waals surface area contributed by atoms with Crippen LogP contribution in [0.4, 0.5) is 0 Å². The number of carbonyl (C=O) groups excluding carboxylic acids is 2. The van der Waals surface area contributed by atoms with Crippen molar-refractivity contribution in [3.63, 3.8) is 0 Å². The van der Waals surface area contributed by atoms with E-state index in [1.165, 1.54) is 19.3 Å². The number of rotatable bonds is 4. The number of amides is 1. The van der Waals surface area contributed by atoms with Crippen LogP contribution in [0.1, 0.15) is 58.4 Å². The van der Waals surface area contributed by atoms with Crippen molar-refractivity contribution in [2.24, 2.45) is 5.41 Å². The Morgan fingerprint density at radius 2 is 1.83 bits per heavy atom. The first-order valence-corrected chi connectivity index (χ1v) is 8.66. The van der Waals surface area contributed by atoms with Crippen LogP contribution in [0.2, 0.25) is 0 Å². The number of aromatic nitrogens is 1. The van der Waals surface area contributed by atoms with Gasteiger partial charge < -0.3 is 10.1 Å². The molecule has 0 aromatic carbocycles. The predicted molar refractivity (Wildman–Crippen MR) is 90.3 cm³/mol. The van der Waals surface area contributed by atoms with Crippen molar-refractivity contribution in [3.05, 3.63) is 30.1 Å². The minimum absolute atomic E-state index is 0.0721. The van der Waals surface area contributed by atoms with Gasteiger partial charge in [0.1, 0.15) is 12.1 Å². The van der Waals surface area contributed by atoms with E-state index in [-0.39, 0.29) is 12.5 Å². The second-order valence-electron chi connectivity index (χ2n) is 8.29. The van der Waals surface area contributed by atoms with E-state index in [1.54, 1.807) is 12.4 Å². The molecule has 0 unspecified atom stereocenters. The zero-order valence-electron chi connectivity index (χ0n) is 14.7. The summed E-state index contributed by atoms with van der Waals surface area (Å²) in [4.78, 5) is 28.8. The molecule has 1 heterocycles. The van der Waals surface area contributed by atoms with Crippen molar-refractivity contribution in [1.82, 2.24) is 10.3 Å².